The van der Waals surface area contributed by atoms with E-state index in [1.54, 1.807) is 24.3 Å². The highest BCUT2D eigenvalue weighted by atomic mass is 35.5. The van der Waals surface area contributed by atoms with Gasteiger partial charge in [-0.1, -0.05) is 18.0 Å². The van der Waals surface area contributed by atoms with Crippen LogP contribution in [0.1, 0.15) is 29.8 Å². The number of hydrogen-bond donors (Lipinski definition) is 1. The molecule has 1 saturated carbocycles. The van der Waals surface area contributed by atoms with E-state index >= 15 is 0 Å². The number of morpholine rings is 1. The number of benzene rings is 1. The predicted molar refractivity (Wildman–Crippen MR) is 90.2 cm³/mol. The van der Waals surface area contributed by atoms with Gasteiger partial charge in [-0.3, -0.25) is 4.79 Å². The van der Waals surface area contributed by atoms with Gasteiger partial charge in [0.2, 0.25) is 0 Å². The smallest absolute Gasteiger partial charge is 0.290 e. The largest absolute Gasteiger partial charge is 0.451 e. The van der Waals surface area contributed by atoms with E-state index in [2.05, 4.69) is 0 Å². The van der Waals surface area contributed by atoms with E-state index in [0.717, 1.165) is 24.6 Å². The lowest BCUT2D eigenvalue weighted by Crippen LogP contribution is -2.53. The molecule has 3 unspecified atom stereocenters. The molecule has 5 nitrogen and oxygen atoms in total. The lowest BCUT2D eigenvalue weighted by molar-refractivity contribution is -0.0393. The van der Waals surface area contributed by atoms with E-state index < -0.39 is 0 Å². The number of hydrogen-bond acceptors (Lipinski definition) is 4. The van der Waals surface area contributed by atoms with Crippen LogP contribution in [0.2, 0.25) is 5.02 Å². The number of amides is 1. The highest BCUT2D eigenvalue weighted by Gasteiger charge is 2.40. The molecular weight excluding hydrogens is 330 g/mol. The molecule has 1 aliphatic carbocycles. The van der Waals surface area contributed by atoms with Crippen molar-refractivity contribution in [3.05, 3.63) is 35.0 Å². The SMILES string of the molecule is O=C(c1cc2cc(Cl)ccc2o1)N1CCOCC1C1CCCC1O. The zero-order chi connectivity index (χ0) is 16.7. The Kier molecular flexibility index (Phi) is 4.24. The minimum absolute atomic E-state index is 0.0769. The first-order valence-electron chi connectivity index (χ1n) is 8.39. The van der Waals surface area contributed by atoms with Crippen molar-refractivity contribution in [2.45, 2.75) is 31.4 Å². The van der Waals surface area contributed by atoms with Gasteiger partial charge in [0, 0.05) is 22.9 Å². The Hall–Kier alpha value is -1.56. The van der Waals surface area contributed by atoms with Gasteiger partial charge >= 0.3 is 0 Å². The molecule has 0 bridgehead atoms. The van der Waals surface area contributed by atoms with Crippen LogP contribution in [0.3, 0.4) is 0 Å². The average molecular weight is 350 g/mol. The van der Waals surface area contributed by atoms with Gasteiger partial charge in [-0.2, -0.15) is 0 Å². The Morgan fingerprint density at radius 1 is 1.29 bits per heavy atom. The molecule has 1 amide bonds. The third-order valence-electron chi connectivity index (χ3n) is 5.14. The number of ether oxygens (including phenoxy) is 1. The van der Waals surface area contributed by atoms with Crippen molar-refractivity contribution in [3.63, 3.8) is 0 Å². The van der Waals surface area contributed by atoms with Crippen LogP contribution in [0.15, 0.2) is 28.7 Å². The molecule has 4 rings (SSSR count). The summed E-state index contributed by atoms with van der Waals surface area (Å²) in [6, 6.07) is 6.94. The Labute approximate surface area is 145 Å². The summed E-state index contributed by atoms with van der Waals surface area (Å²) in [5, 5.41) is 11.7. The van der Waals surface area contributed by atoms with Crippen LogP contribution in [-0.2, 0) is 4.74 Å². The minimum Gasteiger partial charge on any atom is -0.451 e. The highest BCUT2D eigenvalue weighted by Crippen LogP contribution is 2.33. The van der Waals surface area contributed by atoms with Crippen LogP contribution < -0.4 is 0 Å². The zero-order valence-electron chi connectivity index (χ0n) is 13.3. The summed E-state index contributed by atoms with van der Waals surface area (Å²) in [4.78, 5) is 14.8. The number of aliphatic hydroxyl groups is 1. The summed E-state index contributed by atoms with van der Waals surface area (Å²) < 4.78 is 11.3. The molecule has 24 heavy (non-hydrogen) atoms. The van der Waals surface area contributed by atoms with Gasteiger partial charge in [-0.25, -0.2) is 0 Å². The maximum Gasteiger partial charge on any atom is 0.290 e. The normalized spacial score (nSPS) is 27.8. The average Bonchev–Trinajstić information content (AvgIpc) is 3.19. The summed E-state index contributed by atoms with van der Waals surface area (Å²) in [6.07, 6.45) is 2.36. The molecule has 2 heterocycles. The van der Waals surface area contributed by atoms with E-state index in [1.807, 2.05) is 4.90 Å². The van der Waals surface area contributed by atoms with Crippen molar-refractivity contribution >= 4 is 28.5 Å². The molecule has 2 fully saturated rings. The van der Waals surface area contributed by atoms with E-state index in [1.165, 1.54) is 0 Å². The van der Waals surface area contributed by atoms with Gasteiger partial charge in [-0.05, 0) is 37.1 Å². The predicted octanol–water partition coefficient (Wildman–Crippen LogP) is 3.09. The number of halogens is 1. The second-order valence-electron chi connectivity index (χ2n) is 6.60. The van der Waals surface area contributed by atoms with Gasteiger partial charge in [0.1, 0.15) is 5.58 Å². The standard InChI is InChI=1S/C18H20ClNO4/c19-12-4-5-16-11(8-12)9-17(24-16)18(22)20-6-7-23-10-14(20)13-2-1-3-15(13)21/h4-5,8-9,13-15,21H,1-3,6-7,10H2. The second kappa shape index (κ2) is 6.39. The van der Waals surface area contributed by atoms with Crippen LogP contribution >= 0.6 is 11.6 Å². The first-order chi connectivity index (χ1) is 11.6. The van der Waals surface area contributed by atoms with Crippen molar-refractivity contribution in [1.29, 1.82) is 0 Å². The number of nitrogens with zero attached hydrogens (tertiary/aromatic N) is 1. The fraction of sp³-hybridized carbons (Fsp3) is 0.500. The van der Waals surface area contributed by atoms with Crippen LogP contribution in [0.5, 0.6) is 0 Å². The number of carbonyl (C=O) groups excluding carboxylic acids is 1. The molecule has 1 aliphatic heterocycles. The molecule has 128 valence electrons. The molecule has 2 aromatic rings. The fourth-order valence-electron chi connectivity index (χ4n) is 3.91. The molecule has 3 atom stereocenters. The van der Waals surface area contributed by atoms with Crippen LogP contribution in [-0.4, -0.2) is 47.8 Å². The molecule has 6 heteroatoms. The summed E-state index contributed by atoms with van der Waals surface area (Å²) >= 11 is 6.00. The number of fused-ring (bicyclic) bond motifs is 1. The zero-order valence-corrected chi connectivity index (χ0v) is 14.0. The van der Waals surface area contributed by atoms with Gasteiger partial charge in [0.15, 0.2) is 5.76 Å². The van der Waals surface area contributed by atoms with Gasteiger partial charge in [-0.15, -0.1) is 0 Å². The van der Waals surface area contributed by atoms with E-state index in [0.29, 0.717) is 36.1 Å². The van der Waals surface area contributed by atoms with Crippen LogP contribution in [0.4, 0.5) is 0 Å². The quantitative estimate of drug-likeness (QED) is 0.905. The maximum absolute atomic E-state index is 13.0. The molecule has 1 N–H and O–H groups in total. The Morgan fingerprint density at radius 2 is 2.17 bits per heavy atom. The van der Waals surface area contributed by atoms with E-state index in [4.69, 9.17) is 20.8 Å². The molecule has 0 radical (unpaired) electrons. The Balaban J connectivity index is 1.62. The van der Waals surface area contributed by atoms with Crippen molar-refractivity contribution in [2.75, 3.05) is 19.8 Å². The summed E-state index contributed by atoms with van der Waals surface area (Å²) in [7, 11) is 0. The van der Waals surface area contributed by atoms with Crippen molar-refractivity contribution < 1.29 is 19.1 Å². The molecule has 1 aromatic carbocycles. The number of furan rings is 1. The summed E-state index contributed by atoms with van der Waals surface area (Å²) in [5.41, 5.74) is 0.647. The summed E-state index contributed by atoms with van der Waals surface area (Å²) in [5.74, 6) is 0.245. The lowest BCUT2D eigenvalue weighted by atomic mass is 9.94. The lowest BCUT2D eigenvalue weighted by Gasteiger charge is -2.39. The fourth-order valence-corrected chi connectivity index (χ4v) is 4.09. The molecule has 1 saturated heterocycles. The van der Waals surface area contributed by atoms with Gasteiger partial charge in [0.25, 0.3) is 5.91 Å². The van der Waals surface area contributed by atoms with Gasteiger partial charge in [0.05, 0.1) is 25.4 Å². The Morgan fingerprint density at radius 3 is 2.96 bits per heavy atom. The second-order valence-corrected chi connectivity index (χ2v) is 7.03. The van der Waals surface area contributed by atoms with Crippen LogP contribution in [0.25, 0.3) is 11.0 Å². The first kappa shape index (κ1) is 15.9. The van der Waals surface area contributed by atoms with Crippen molar-refractivity contribution in [1.82, 2.24) is 4.90 Å². The van der Waals surface area contributed by atoms with Crippen molar-refractivity contribution in [2.24, 2.45) is 5.92 Å². The number of aliphatic hydroxyl groups excluding tert-OH is 1. The number of carbonyl (C=O) groups is 1. The Bertz CT molecular complexity index is 759. The topological polar surface area (TPSA) is 62.9 Å². The molecule has 0 spiro atoms. The molecular formula is C18H20ClNO4. The van der Waals surface area contributed by atoms with Gasteiger partial charge < -0.3 is 19.2 Å². The van der Waals surface area contributed by atoms with Crippen LogP contribution in [0, 0.1) is 5.92 Å². The van der Waals surface area contributed by atoms with E-state index in [-0.39, 0.29) is 24.0 Å². The third-order valence-corrected chi connectivity index (χ3v) is 5.38. The molecule has 1 aromatic heterocycles. The van der Waals surface area contributed by atoms with E-state index in [9.17, 15) is 9.90 Å². The summed E-state index contributed by atoms with van der Waals surface area (Å²) in [6.45, 7) is 1.50. The maximum atomic E-state index is 13.0. The van der Waals surface area contributed by atoms with Crippen molar-refractivity contribution in [3.8, 4) is 0 Å². The highest BCUT2D eigenvalue weighted by molar-refractivity contribution is 6.31. The first-order valence-corrected chi connectivity index (χ1v) is 8.77. The molecule has 2 aliphatic rings. The third kappa shape index (κ3) is 2.81. The minimum atomic E-state index is -0.360. The monoisotopic (exact) mass is 349 g/mol. The number of rotatable bonds is 2.